The highest BCUT2D eigenvalue weighted by Crippen LogP contribution is 2.37. The fraction of sp³-hybridized carbons (Fsp3) is 0.114. The van der Waals surface area contributed by atoms with Crippen LogP contribution in [-0.4, -0.2) is 36.9 Å². The minimum atomic E-state index is -0.984. The fourth-order valence-electron chi connectivity index (χ4n) is 4.06. The maximum atomic E-state index is 11.4. The van der Waals surface area contributed by atoms with Gasteiger partial charge < -0.3 is 24.2 Å². The number of esters is 2. The lowest BCUT2D eigenvalue weighted by Crippen LogP contribution is -2.12. The summed E-state index contributed by atoms with van der Waals surface area (Å²) in [5, 5.41) is 19.5. The number of nitriles is 1. The van der Waals surface area contributed by atoms with Crippen molar-refractivity contribution in [1.82, 2.24) is 0 Å². The summed E-state index contributed by atoms with van der Waals surface area (Å²) >= 11 is 1.60. The van der Waals surface area contributed by atoms with Gasteiger partial charge >= 0.3 is 11.9 Å². The molecule has 0 aliphatic carbocycles. The fourth-order valence-corrected chi connectivity index (χ4v) is 4.87. The van der Waals surface area contributed by atoms with Gasteiger partial charge in [0.15, 0.2) is 0 Å². The van der Waals surface area contributed by atoms with E-state index in [4.69, 9.17) is 19.5 Å². The number of anilines is 3. The minimum absolute atomic E-state index is 0.108. The molecule has 4 rings (SSSR count). The van der Waals surface area contributed by atoms with Crippen LogP contribution in [0, 0.1) is 11.3 Å². The monoisotopic (exact) mass is 606 g/mol. The molecule has 0 saturated carbocycles. The van der Waals surface area contributed by atoms with E-state index in [1.807, 2.05) is 72.8 Å². The molecule has 222 valence electrons. The average molecular weight is 607 g/mol. The van der Waals surface area contributed by atoms with E-state index in [0.29, 0.717) is 16.9 Å². The Hall–Kier alpha value is -5.30. The number of hydrogen-bond acceptors (Lipinski definition) is 9. The number of ether oxygens (including phenoxy) is 3. The van der Waals surface area contributed by atoms with Crippen LogP contribution in [0.3, 0.4) is 0 Å². The number of rotatable bonds is 14. The molecule has 0 radical (unpaired) electrons. The van der Waals surface area contributed by atoms with Crippen LogP contribution in [0.2, 0.25) is 0 Å². The minimum Gasteiger partial charge on any atom is -0.490 e. The van der Waals surface area contributed by atoms with E-state index in [-0.39, 0.29) is 19.8 Å². The normalized spacial score (nSPS) is 11.0. The third kappa shape index (κ3) is 8.85. The Morgan fingerprint density at radius 3 is 1.82 bits per heavy atom. The molecular weight excluding hydrogens is 576 g/mol. The van der Waals surface area contributed by atoms with Gasteiger partial charge in [-0.15, -0.1) is 0 Å². The zero-order valence-electron chi connectivity index (χ0n) is 23.8. The topological polar surface area (TPSA) is 109 Å². The highest BCUT2D eigenvalue weighted by molar-refractivity contribution is 7.99. The second-order valence-corrected chi connectivity index (χ2v) is 10.4. The van der Waals surface area contributed by atoms with Crippen LogP contribution in [0.1, 0.15) is 17.2 Å². The summed E-state index contributed by atoms with van der Waals surface area (Å²) in [6.45, 7) is 6.86. The van der Waals surface area contributed by atoms with Crippen molar-refractivity contribution in [2.24, 2.45) is 0 Å². The molecule has 9 heteroatoms. The first kappa shape index (κ1) is 31.6. The smallest absolute Gasteiger partial charge is 0.330 e. The molecule has 1 N–H and O–H groups in total. The molecule has 0 heterocycles. The van der Waals surface area contributed by atoms with Gasteiger partial charge in [-0.25, -0.2) is 9.59 Å². The van der Waals surface area contributed by atoms with Crippen LogP contribution in [0.4, 0.5) is 17.1 Å². The predicted molar refractivity (Wildman–Crippen MR) is 169 cm³/mol. The van der Waals surface area contributed by atoms with Gasteiger partial charge in [0.05, 0.1) is 11.6 Å². The first-order chi connectivity index (χ1) is 21.4. The number of nitrogens with zero attached hydrogens (tertiary/aromatic N) is 2. The van der Waals surface area contributed by atoms with Gasteiger partial charge in [0, 0.05) is 39.0 Å². The van der Waals surface area contributed by atoms with Crippen molar-refractivity contribution in [3.05, 3.63) is 133 Å². The summed E-state index contributed by atoms with van der Waals surface area (Å²) in [4.78, 5) is 26.7. The largest absolute Gasteiger partial charge is 0.490 e. The average Bonchev–Trinajstić information content (AvgIpc) is 3.07. The van der Waals surface area contributed by atoms with Gasteiger partial charge in [0.25, 0.3) is 0 Å². The zero-order valence-corrected chi connectivity index (χ0v) is 24.6. The molecule has 0 amide bonds. The molecule has 0 bridgehead atoms. The highest BCUT2D eigenvalue weighted by atomic mass is 32.2. The molecular formula is C35H30N2O6S. The van der Waals surface area contributed by atoms with E-state index in [9.17, 15) is 14.7 Å². The van der Waals surface area contributed by atoms with E-state index in [1.54, 1.807) is 36.0 Å². The Morgan fingerprint density at radius 2 is 1.27 bits per heavy atom. The van der Waals surface area contributed by atoms with Gasteiger partial charge in [0.2, 0.25) is 0 Å². The standard InChI is InChI=1S/C35H30N2O6S/c1-3-34(39)42-22-21-41-30-15-11-28(12-16-30)37(27-9-7-26(8-10-27)33(38)24-43-35(40)4-2)29-13-19-32(20-14-29)44-31-17-5-25(23-36)6-18-31/h3-20,33,38H,1-2,21-22,24H2. The van der Waals surface area contributed by atoms with Crippen LogP contribution in [-0.2, 0) is 19.1 Å². The van der Waals surface area contributed by atoms with Crippen molar-refractivity contribution in [3.63, 3.8) is 0 Å². The van der Waals surface area contributed by atoms with E-state index >= 15 is 0 Å². The van der Waals surface area contributed by atoms with E-state index in [0.717, 1.165) is 39.0 Å². The van der Waals surface area contributed by atoms with Crippen LogP contribution >= 0.6 is 11.8 Å². The Bertz CT molecular complexity index is 1610. The van der Waals surface area contributed by atoms with Crippen LogP contribution in [0.15, 0.2) is 132 Å². The quantitative estimate of drug-likeness (QED) is 0.0917. The van der Waals surface area contributed by atoms with Gasteiger partial charge in [-0.2, -0.15) is 5.26 Å². The van der Waals surface area contributed by atoms with Gasteiger partial charge in [0.1, 0.15) is 31.7 Å². The molecule has 0 aromatic heterocycles. The van der Waals surface area contributed by atoms with E-state index in [2.05, 4.69) is 24.1 Å². The first-order valence-corrected chi connectivity index (χ1v) is 14.4. The highest BCUT2D eigenvalue weighted by Gasteiger charge is 2.15. The third-order valence-electron chi connectivity index (χ3n) is 6.26. The van der Waals surface area contributed by atoms with Crippen molar-refractivity contribution < 1.29 is 28.9 Å². The third-order valence-corrected chi connectivity index (χ3v) is 7.27. The molecule has 4 aromatic carbocycles. The lowest BCUT2D eigenvalue weighted by molar-refractivity contribution is -0.141. The number of hydrogen-bond donors (Lipinski definition) is 1. The van der Waals surface area contributed by atoms with E-state index < -0.39 is 18.0 Å². The predicted octanol–water partition coefficient (Wildman–Crippen LogP) is 7.05. The summed E-state index contributed by atoms with van der Waals surface area (Å²) in [5.41, 5.74) is 3.80. The zero-order chi connectivity index (χ0) is 31.3. The van der Waals surface area contributed by atoms with Crippen LogP contribution in [0.25, 0.3) is 0 Å². The number of aliphatic hydroxyl groups excluding tert-OH is 1. The lowest BCUT2D eigenvalue weighted by Gasteiger charge is -2.26. The van der Waals surface area contributed by atoms with Crippen molar-refractivity contribution >= 4 is 40.8 Å². The van der Waals surface area contributed by atoms with Crippen molar-refractivity contribution in [1.29, 1.82) is 5.26 Å². The Morgan fingerprint density at radius 1 is 0.773 bits per heavy atom. The number of carbonyl (C=O) groups excluding carboxylic acids is 2. The van der Waals surface area contributed by atoms with Gasteiger partial charge in [-0.05, 0) is 90.5 Å². The SMILES string of the molecule is C=CC(=O)OCCOc1ccc(N(c2ccc(Sc3ccc(C#N)cc3)cc2)c2ccc(C(O)COC(=O)C=C)cc2)cc1. The van der Waals surface area contributed by atoms with Gasteiger partial charge in [-0.1, -0.05) is 37.1 Å². The first-order valence-electron chi connectivity index (χ1n) is 13.6. The molecule has 0 aliphatic heterocycles. The molecule has 0 saturated heterocycles. The second-order valence-electron chi connectivity index (χ2n) is 9.22. The molecule has 0 spiro atoms. The summed E-state index contributed by atoms with van der Waals surface area (Å²) < 4.78 is 15.6. The van der Waals surface area contributed by atoms with Crippen LogP contribution in [0.5, 0.6) is 5.75 Å². The van der Waals surface area contributed by atoms with Crippen molar-refractivity contribution in [2.45, 2.75) is 15.9 Å². The van der Waals surface area contributed by atoms with Crippen LogP contribution < -0.4 is 9.64 Å². The second kappa shape index (κ2) is 15.8. The Kier molecular flexibility index (Phi) is 11.4. The summed E-state index contributed by atoms with van der Waals surface area (Å²) in [6, 6.07) is 32.5. The molecule has 44 heavy (non-hydrogen) atoms. The number of benzene rings is 4. The maximum Gasteiger partial charge on any atom is 0.330 e. The molecule has 1 unspecified atom stereocenters. The number of carbonyl (C=O) groups is 2. The maximum absolute atomic E-state index is 11.4. The Balaban J connectivity index is 1.55. The lowest BCUT2D eigenvalue weighted by atomic mass is 10.1. The molecule has 1 atom stereocenters. The molecule has 8 nitrogen and oxygen atoms in total. The number of aliphatic hydroxyl groups is 1. The van der Waals surface area contributed by atoms with E-state index in [1.165, 1.54) is 0 Å². The molecule has 0 fully saturated rings. The van der Waals surface area contributed by atoms with Crippen molar-refractivity contribution in [2.75, 3.05) is 24.7 Å². The van der Waals surface area contributed by atoms with Crippen molar-refractivity contribution in [3.8, 4) is 11.8 Å². The molecule has 4 aromatic rings. The summed E-state index contributed by atoms with van der Waals surface area (Å²) in [6.07, 6.45) is 1.17. The summed E-state index contributed by atoms with van der Waals surface area (Å²) in [7, 11) is 0. The summed E-state index contributed by atoms with van der Waals surface area (Å²) in [5.74, 6) is -0.486. The van der Waals surface area contributed by atoms with Gasteiger partial charge in [-0.3, -0.25) is 0 Å². The Labute approximate surface area is 260 Å². The molecule has 0 aliphatic rings.